The third-order valence-electron chi connectivity index (χ3n) is 1.66. The molecular formula is C8H11N3O3. The molecule has 0 bridgehead atoms. The second-order valence-corrected chi connectivity index (χ2v) is 2.75. The fraction of sp³-hybridized carbons (Fsp3) is 0.500. The molecule has 1 N–H and O–H groups in total. The summed E-state index contributed by atoms with van der Waals surface area (Å²) < 4.78 is 15.3. The highest BCUT2D eigenvalue weighted by Gasteiger charge is 2.15. The normalized spacial score (nSPS) is 15.6. The third kappa shape index (κ3) is 1.85. The predicted octanol–water partition coefficient (Wildman–Crippen LogP) is 0.134. The van der Waals surface area contributed by atoms with Crippen molar-refractivity contribution in [3.63, 3.8) is 0 Å². The molecule has 1 aliphatic rings. The van der Waals surface area contributed by atoms with E-state index in [1.807, 2.05) is 7.05 Å². The Morgan fingerprint density at radius 1 is 1.50 bits per heavy atom. The number of hydrogen-bond donors (Lipinski definition) is 1. The van der Waals surface area contributed by atoms with Crippen LogP contribution in [0.2, 0.25) is 0 Å². The van der Waals surface area contributed by atoms with Gasteiger partial charge in [-0.05, 0) is 7.05 Å². The molecule has 0 amide bonds. The molecule has 1 aliphatic heterocycles. The van der Waals surface area contributed by atoms with Crippen molar-refractivity contribution in [3.05, 3.63) is 18.0 Å². The van der Waals surface area contributed by atoms with Gasteiger partial charge in [-0.1, -0.05) is 5.16 Å². The van der Waals surface area contributed by atoms with Crippen molar-refractivity contribution in [1.82, 2.24) is 15.5 Å². The number of hydrogen-bond acceptors (Lipinski definition) is 6. The lowest BCUT2D eigenvalue weighted by Crippen LogP contribution is -2.08. The van der Waals surface area contributed by atoms with Gasteiger partial charge in [-0.25, -0.2) is 0 Å². The molecule has 2 rings (SSSR count). The van der Waals surface area contributed by atoms with Gasteiger partial charge in [0.05, 0.1) is 6.54 Å². The van der Waals surface area contributed by atoms with Gasteiger partial charge in [0, 0.05) is 0 Å². The van der Waals surface area contributed by atoms with Crippen molar-refractivity contribution in [2.45, 2.75) is 6.54 Å². The van der Waals surface area contributed by atoms with Crippen LogP contribution in [0.5, 0.6) is 0 Å². The van der Waals surface area contributed by atoms with Crippen molar-refractivity contribution < 1.29 is 14.0 Å². The summed E-state index contributed by atoms with van der Waals surface area (Å²) in [5.74, 6) is 1.44. The first kappa shape index (κ1) is 9.01. The first-order valence-electron chi connectivity index (χ1n) is 4.32. The Bertz CT molecular complexity index is 334. The molecule has 0 aliphatic carbocycles. The lowest BCUT2D eigenvalue weighted by molar-refractivity contribution is 0.120. The zero-order valence-electron chi connectivity index (χ0n) is 7.82. The molecule has 2 heterocycles. The summed E-state index contributed by atoms with van der Waals surface area (Å²) >= 11 is 0. The van der Waals surface area contributed by atoms with E-state index in [4.69, 9.17) is 14.0 Å². The fourth-order valence-corrected chi connectivity index (χ4v) is 1.06. The van der Waals surface area contributed by atoms with Gasteiger partial charge < -0.3 is 19.3 Å². The Morgan fingerprint density at radius 2 is 2.43 bits per heavy atom. The second-order valence-electron chi connectivity index (χ2n) is 2.75. The van der Waals surface area contributed by atoms with Crippen molar-refractivity contribution >= 4 is 5.76 Å². The van der Waals surface area contributed by atoms with Crippen LogP contribution in [-0.2, 0) is 16.0 Å². The van der Waals surface area contributed by atoms with Gasteiger partial charge >= 0.3 is 0 Å². The van der Waals surface area contributed by atoms with Crippen molar-refractivity contribution in [2.75, 3.05) is 20.3 Å². The van der Waals surface area contributed by atoms with E-state index in [0.29, 0.717) is 37.2 Å². The maximum atomic E-state index is 5.27. The number of ether oxygens (including phenoxy) is 2. The summed E-state index contributed by atoms with van der Waals surface area (Å²) in [7, 11) is 1.82. The average molecular weight is 197 g/mol. The molecule has 1 aromatic heterocycles. The summed E-state index contributed by atoms with van der Waals surface area (Å²) in [5.41, 5.74) is 0. The van der Waals surface area contributed by atoms with Crippen LogP contribution in [0.15, 0.2) is 10.8 Å². The predicted molar refractivity (Wildman–Crippen MR) is 46.9 cm³/mol. The van der Waals surface area contributed by atoms with Crippen LogP contribution in [0.3, 0.4) is 0 Å². The summed E-state index contributed by atoms with van der Waals surface area (Å²) in [4.78, 5) is 4.11. The quantitative estimate of drug-likeness (QED) is 0.743. The van der Waals surface area contributed by atoms with E-state index < -0.39 is 0 Å². The highest BCUT2D eigenvalue weighted by Crippen LogP contribution is 2.16. The van der Waals surface area contributed by atoms with E-state index in [2.05, 4.69) is 15.5 Å². The first-order valence-corrected chi connectivity index (χ1v) is 4.32. The molecule has 0 aromatic carbocycles. The van der Waals surface area contributed by atoms with E-state index in [0.717, 1.165) is 0 Å². The molecule has 6 heteroatoms. The van der Waals surface area contributed by atoms with Gasteiger partial charge in [-0.3, -0.25) is 0 Å². The fourth-order valence-electron chi connectivity index (χ4n) is 1.06. The molecule has 76 valence electrons. The Hall–Kier alpha value is -1.56. The zero-order valence-corrected chi connectivity index (χ0v) is 7.82. The number of aromatic nitrogens is 2. The van der Waals surface area contributed by atoms with Crippen LogP contribution in [0, 0.1) is 0 Å². The molecule has 14 heavy (non-hydrogen) atoms. The van der Waals surface area contributed by atoms with E-state index in [1.54, 1.807) is 0 Å². The molecule has 1 aromatic rings. The lowest BCUT2D eigenvalue weighted by Gasteiger charge is -2.11. The largest absolute Gasteiger partial charge is 0.494 e. The van der Waals surface area contributed by atoms with Gasteiger partial charge in [0.25, 0.3) is 5.89 Å². The minimum absolute atomic E-state index is 0.356. The summed E-state index contributed by atoms with van der Waals surface area (Å²) in [6.07, 6.45) is 1.49. The van der Waals surface area contributed by atoms with Crippen LogP contribution in [0.4, 0.5) is 0 Å². The van der Waals surface area contributed by atoms with Crippen molar-refractivity contribution in [3.8, 4) is 0 Å². The lowest BCUT2D eigenvalue weighted by atomic mass is 10.5. The molecule has 0 fully saturated rings. The average Bonchev–Trinajstić information content (AvgIpc) is 2.68. The van der Waals surface area contributed by atoms with Gasteiger partial charge in [-0.15, -0.1) is 0 Å². The summed E-state index contributed by atoms with van der Waals surface area (Å²) in [6.45, 7) is 1.63. The maximum Gasteiger partial charge on any atom is 0.296 e. The van der Waals surface area contributed by atoms with Crippen molar-refractivity contribution in [2.24, 2.45) is 0 Å². The number of rotatable bonds is 3. The van der Waals surface area contributed by atoms with Crippen LogP contribution in [-0.4, -0.2) is 30.4 Å². The van der Waals surface area contributed by atoms with Gasteiger partial charge in [0.15, 0.2) is 5.82 Å². The second kappa shape index (κ2) is 4.10. The summed E-state index contributed by atoms with van der Waals surface area (Å²) in [5, 5.41) is 6.68. The van der Waals surface area contributed by atoms with Gasteiger partial charge in [0.2, 0.25) is 5.76 Å². The van der Waals surface area contributed by atoms with Crippen LogP contribution in [0.25, 0.3) is 5.76 Å². The van der Waals surface area contributed by atoms with E-state index in [1.165, 1.54) is 6.26 Å². The SMILES string of the molecule is CNCc1noc(C2=COCCO2)n1. The van der Waals surface area contributed by atoms with Gasteiger partial charge in [-0.2, -0.15) is 4.98 Å². The Labute approximate surface area is 80.9 Å². The molecule has 0 saturated heterocycles. The number of nitrogens with one attached hydrogen (secondary N) is 1. The molecule has 0 saturated carbocycles. The molecule has 0 radical (unpaired) electrons. The minimum Gasteiger partial charge on any atom is -0.494 e. The van der Waals surface area contributed by atoms with Crippen LogP contribution >= 0.6 is 0 Å². The molecule has 6 nitrogen and oxygen atoms in total. The van der Waals surface area contributed by atoms with E-state index in [9.17, 15) is 0 Å². The van der Waals surface area contributed by atoms with Crippen LogP contribution in [0.1, 0.15) is 11.7 Å². The smallest absolute Gasteiger partial charge is 0.296 e. The standard InChI is InChI=1S/C8H11N3O3/c1-9-4-7-10-8(14-11-7)6-5-12-2-3-13-6/h5,9H,2-4H2,1H3. The van der Waals surface area contributed by atoms with Crippen LogP contribution < -0.4 is 5.32 Å². The molecule has 0 spiro atoms. The van der Waals surface area contributed by atoms with Crippen molar-refractivity contribution in [1.29, 1.82) is 0 Å². The molecule has 0 unspecified atom stereocenters. The van der Waals surface area contributed by atoms with E-state index in [-0.39, 0.29) is 0 Å². The number of nitrogens with zero attached hydrogens (tertiary/aromatic N) is 2. The van der Waals surface area contributed by atoms with E-state index >= 15 is 0 Å². The molecular weight excluding hydrogens is 186 g/mol. The summed E-state index contributed by atoms with van der Waals surface area (Å²) in [6, 6.07) is 0. The third-order valence-corrected chi connectivity index (χ3v) is 1.66. The first-order chi connectivity index (χ1) is 6.90. The highest BCUT2D eigenvalue weighted by molar-refractivity contribution is 5.49. The zero-order chi connectivity index (χ0) is 9.80. The maximum absolute atomic E-state index is 5.27. The Morgan fingerprint density at radius 3 is 3.14 bits per heavy atom. The topological polar surface area (TPSA) is 69.4 Å². The highest BCUT2D eigenvalue weighted by atomic mass is 16.6. The Kier molecular flexibility index (Phi) is 2.64. The Balaban J connectivity index is 2.11. The minimum atomic E-state index is 0.356. The van der Waals surface area contributed by atoms with Gasteiger partial charge in [0.1, 0.15) is 19.5 Å². The molecule has 0 atom stereocenters. The monoisotopic (exact) mass is 197 g/mol.